The van der Waals surface area contributed by atoms with Crippen LogP contribution in [0.4, 0.5) is 16.3 Å². The summed E-state index contributed by atoms with van der Waals surface area (Å²) in [7, 11) is 3.19. The number of benzene rings is 2. The van der Waals surface area contributed by atoms with Crippen LogP contribution in [0.2, 0.25) is 0 Å². The van der Waals surface area contributed by atoms with E-state index in [1.165, 1.54) is 0 Å². The first-order valence-corrected chi connectivity index (χ1v) is 13.0. The van der Waals surface area contributed by atoms with Crippen molar-refractivity contribution in [1.82, 2.24) is 14.9 Å². The zero-order chi connectivity index (χ0) is 27.6. The van der Waals surface area contributed by atoms with Crippen LogP contribution in [0.25, 0.3) is 11.3 Å². The van der Waals surface area contributed by atoms with Gasteiger partial charge in [-0.3, -0.25) is 4.57 Å². The van der Waals surface area contributed by atoms with Gasteiger partial charge in [0.1, 0.15) is 5.82 Å². The molecule has 1 atom stereocenters. The van der Waals surface area contributed by atoms with Crippen LogP contribution in [-0.2, 0) is 6.42 Å². The van der Waals surface area contributed by atoms with Crippen LogP contribution in [-0.4, -0.2) is 36.3 Å². The number of nitrogens with one attached hydrogen (secondary N) is 2. The lowest BCUT2D eigenvalue weighted by Crippen LogP contribution is -2.36. The summed E-state index contributed by atoms with van der Waals surface area (Å²) in [6, 6.07) is 11.3. The van der Waals surface area contributed by atoms with Gasteiger partial charge in [-0.05, 0) is 53.5 Å². The maximum atomic E-state index is 13.6. The molecule has 0 fully saturated rings. The van der Waals surface area contributed by atoms with Crippen LogP contribution >= 0.6 is 0 Å². The number of primary amides is 1. The van der Waals surface area contributed by atoms with E-state index in [0.717, 1.165) is 33.6 Å². The topological polar surface area (TPSA) is 120 Å². The van der Waals surface area contributed by atoms with Crippen molar-refractivity contribution in [3.63, 3.8) is 0 Å². The number of urea groups is 1. The van der Waals surface area contributed by atoms with E-state index in [1.807, 2.05) is 18.2 Å². The molecule has 1 aliphatic heterocycles. The molecule has 1 unspecified atom stereocenters. The Balaban J connectivity index is 1.87. The fourth-order valence-electron chi connectivity index (χ4n) is 5.21. The Bertz CT molecular complexity index is 1370. The number of rotatable bonds is 9. The zero-order valence-corrected chi connectivity index (χ0v) is 22.9. The molecule has 0 saturated heterocycles. The normalized spacial score (nSPS) is 14.2. The smallest absolute Gasteiger partial charge is 0.350 e. The van der Waals surface area contributed by atoms with Gasteiger partial charge in [0, 0.05) is 29.9 Å². The average molecular weight is 520 g/mol. The van der Waals surface area contributed by atoms with Crippen molar-refractivity contribution in [1.29, 1.82) is 0 Å². The molecule has 0 radical (unpaired) electrons. The van der Waals surface area contributed by atoms with Crippen molar-refractivity contribution in [2.24, 2.45) is 5.73 Å². The van der Waals surface area contributed by atoms with Crippen LogP contribution in [0.3, 0.4) is 0 Å². The van der Waals surface area contributed by atoms with Gasteiger partial charge in [0.25, 0.3) is 0 Å². The standard InChI is InChI=1S/C29H37N5O4/c1-16(2)20-8-7-9-21(17(3)4)27(20)32-26-15-23-22-14-25(38-6)24(37-5)13-18(22)12-19(10-11-31-28(30)35)34(23)29(36)33-26/h7-9,13-17,19H,10-12H2,1-6H3,(H3,30,31,35)(H,32,33,36). The Morgan fingerprint density at radius 1 is 1.08 bits per heavy atom. The molecule has 202 valence electrons. The second-order valence-electron chi connectivity index (χ2n) is 10.2. The van der Waals surface area contributed by atoms with Crippen molar-refractivity contribution in [3.05, 3.63) is 63.6 Å². The van der Waals surface area contributed by atoms with Crippen LogP contribution in [0.15, 0.2) is 41.2 Å². The Labute approximate surface area is 223 Å². The van der Waals surface area contributed by atoms with Crippen molar-refractivity contribution in [2.45, 2.75) is 58.4 Å². The van der Waals surface area contributed by atoms with Gasteiger partial charge in [-0.25, -0.2) is 9.59 Å². The summed E-state index contributed by atoms with van der Waals surface area (Å²) in [5, 5.41) is 6.13. The zero-order valence-electron chi connectivity index (χ0n) is 22.9. The SMILES string of the molecule is COc1cc2c(cc1OC)-c1cc(Nc3c(C(C)C)cccc3C(C)C)nc(=O)n1C(CCNC(N)=O)C2. The summed E-state index contributed by atoms with van der Waals surface area (Å²) in [6.45, 7) is 8.95. The van der Waals surface area contributed by atoms with Gasteiger partial charge in [-0.1, -0.05) is 45.9 Å². The molecule has 2 amide bonds. The van der Waals surface area contributed by atoms with Gasteiger partial charge in [-0.15, -0.1) is 0 Å². The highest BCUT2D eigenvalue weighted by molar-refractivity contribution is 5.75. The molecule has 2 heterocycles. The predicted octanol–water partition coefficient (Wildman–Crippen LogP) is 5.07. The lowest BCUT2D eigenvalue weighted by molar-refractivity contribution is 0.248. The largest absolute Gasteiger partial charge is 0.493 e. The third kappa shape index (κ3) is 5.32. The lowest BCUT2D eigenvalue weighted by atomic mass is 9.90. The van der Waals surface area contributed by atoms with Crippen molar-refractivity contribution in [3.8, 4) is 22.8 Å². The van der Waals surface area contributed by atoms with E-state index in [-0.39, 0.29) is 23.6 Å². The fourth-order valence-corrected chi connectivity index (χ4v) is 5.21. The molecule has 4 N–H and O–H groups in total. The number of nitrogens with zero attached hydrogens (tertiary/aromatic N) is 2. The number of hydrogen-bond donors (Lipinski definition) is 3. The van der Waals surface area contributed by atoms with Crippen LogP contribution < -0.4 is 31.5 Å². The molecule has 0 bridgehead atoms. The van der Waals surface area contributed by atoms with E-state index in [4.69, 9.17) is 15.2 Å². The second kappa shape index (κ2) is 11.2. The molecule has 9 heteroatoms. The molecule has 1 aromatic heterocycles. The number of amides is 2. The molecule has 0 aliphatic carbocycles. The van der Waals surface area contributed by atoms with Crippen LogP contribution in [0, 0.1) is 0 Å². The Kier molecular flexibility index (Phi) is 7.94. The second-order valence-corrected chi connectivity index (χ2v) is 10.2. The number of aromatic nitrogens is 2. The number of carbonyl (C=O) groups is 1. The minimum absolute atomic E-state index is 0.217. The van der Waals surface area contributed by atoms with E-state index in [0.29, 0.717) is 36.7 Å². The number of hydrogen-bond acceptors (Lipinski definition) is 6. The molecule has 1 aliphatic rings. The maximum absolute atomic E-state index is 13.6. The molecular weight excluding hydrogens is 482 g/mol. The number of para-hydroxylation sites is 1. The van der Waals surface area contributed by atoms with E-state index < -0.39 is 6.03 Å². The first kappa shape index (κ1) is 27.0. The van der Waals surface area contributed by atoms with Crippen molar-refractivity contribution in [2.75, 3.05) is 26.1 Å². The summed E-state index contributed by atoms with van der Waals surface area (Å²) in [4.78, 5) is 29.3. The molecule has 0 saturated carbocycles. The summed E-state index contributed by atoms with van der Waals surface area (Å²) in [5.41, 5.74) is 10.9. The number of nitrogens with two attached hydrogens (primary N) is 1. The molecular formula is C29H37N5O4. The van der Waals surface area contributed by atoms with Crippen LogP contribution in [0.1, 0.15) is 68.7 Å². The van der Waals surface area contributed by atoms with Gasteiger partial charge in [0.05, 0.1) is 19.9 Å². The van der Waals surface area contributed by atoms with E-state index in [1.54, 1.807) is 18.8 Å². The Morgan fingerprint density at radius 3 is 2.29 bits per heavy atom. The molecule has 2 aromatic carbocycles. The van der Waals surface area contributed by atoms with Gasteiger partial charge in [-0.2, -0.15) is 4.98 Å². The molecule has 0 spiro atoms. The number of methoxy groups -OCH3 is 2. The van der Waals surface area contributed by atoms with Gasteiger partial charge >= 0.3 is 11.7 Å². The maximum Gasteiger partial charge on any atom is 0.350 e. The predicted molar refractivity (Wildman–Crippen MR) is 150 cm³/mol. The minimum atomic E-state index is -0.595. The highest BCUT2D eigenvalue weighted by atomic mass is 16.5. The van der Waals surface area contributed by atoms with Crippen molar-refractivity contribution < 1.29 is 14.3 Å². The van der Waals surface area contributed by atoms with Crippen molar-refractivity contribution >= 4 is 17.5 Å². The first-order valence-electron chi connectivity index (χ1n) is 13.0. The first-order chi connectivity index (χ1) is 18.1. The fraction of sp³-hybridized carbons (Fsp3) is 0.414. The number of anilines is 2. The quantitative estimate of drug-likeness (QED) is 0.363. The molecule has 4 rings (SSSR count). The van der Waals surface area contributed by atoms with Crippen LogP contribution in [0.5, 0.6) is 11.5 Å². The number of ether oxygens (including phenoxy) is 2. The average Bonchev–Trinajstić information content (AvgIpc) is 2.87. The lowest BCUT2D eigenvalue weighted by Gasteiger charge is -2.31. The highest BCUT2D eigenvalue weighted by Crippen LogP contribution is 2.42. The van der Waals surface area contributed by atoms with Gasteiger partial charge < -0.3 is 25.8 Å². The molecule has 3 aromatic rings. The monoisotopic (exact) mass is 519 g/mol. The summed E-state index contributed by atoms with van der Waals surface area (Å²) in [5.74, 6) is 2.26. The van der Waals surface area contributed by atoms with E-state index >= 15 is 0 Å². The Morgan fingerprint density at radius 2 is 1.71 bits per heavy atom. The number of carbonyl (C=O) groups excluding carboxylic acids is 1. The Hall–Kier alpha value is -4.01. The van der Waals surface area contributed by atoms with E-state index in [2.05, 4.69) is 61.5 Å². The van der Waals surface area contributed by atoms with Gasteiger partial charge in [0.15, 0.2) is 11.5 Å². The number of fused-ring (bicyclic) bond motifs is 3. The third-order valence-corrected chi connectivity index (χ3v) is 7.06. The highest BCUT2D eigenvalue weighted by Gasteiger charge is 2.28. The minimum Gasteiger partial charge on any atom is -0.493 e. The molecule has 9 nitrogen and oxygen atoms in total. The van der Waals surface area contributed by atoms with Gasteiger partial charge in [0.2, 0.25) is 0 Å². The summed E-state index contributed by atoms with van der Waals surface area (Å²) < 4.78 is 12.8. The molecule has 38 heavy (non-hydrogen) atoms. The third-order valence-electron chi connectivity index (χ3n) is 7.06. The summed E-state index contributed by atoms with van der Waals surface area (Å²) >= 11 is 0. The van der Waals surface area contributed by atoms with E-state index in [9.17, 15) is 9.59 Å². The summed E-state index contributed by atoms with van der Waals surface area (Å²) in [6.07, 6.45) is 1.09.